The van der Waals surface area contributed by atoms with E-state index in [2.05, 4.69) is 5.32 Å². The van der Waals surface area contributed by atoms with Gasteiger partial charge in [-0.15, -0.1) is 0 Å². The molecule has 0 aliphatic rings. The Morgan fingerprint density at radius 2 is 1.95 bits per heavy atom. The SMILES string of the molecule is COCC(=O)Nc1cc(Sc2ccccc2)ccc1[N+](=O)[O-]. The molecule has 114 valence electrons. The zero-order chi connectivity index (χ0) is 15.9. The highest BCUT2D eigenvalue weighted by Gasteiger charge is 2.16. The first-order valence-corrected chi connectivity index (χ1v) is 7.22. The second kappa shape index (κ2) is 7.58. The van der Waals surface area contributed by atoms with Crippen molar-refractivity contribution in [3.8, 4) is 0 Å². The van der Waals surface area contributed by atoms with Gasteiger partial charge < -0.3 is 10.1 Å². The van der Waals surface area contributed by atoms with E-state index in [0.717, 1.165) is 9.79 Å². The van der Waals surface area contributed by atoms with Crippen molar-refractivity contribution < 1.29 is 14.5 Å². The van der Waals surface area contributed by atoms with Crippen molar-refractivity contribution in [1.29, 1.82) is 0 Å². The van der Waals surface area contributed by atoms with Gasteiger partial charge in [0.25, 0.3) is 11.6 Å². The Hall–Kier alpha value is -2.38. The van der Waals surface area contributed by atoms with Crippen LogP contribution in [0.25, 0.3) is 0 Å². The fourth-order valence-corrected chi connectivity index (χ4v) is 2.66. The predicted molar refractivity (Wildman–Crippen MR) is 84.2 cm³/mol. The molecule has 0 heterocycles. The Balaban J connectivity index is 2.26. The Labute approximate surface area is 131 Å². The number of nitro benzene ring substituents is 1. The molecule has 2 rings (SSSR count). The quantitative estimate of drug-likeness (QED) is 0.652. The van der Waals surface area contributed by atoms with Gasteiger partial charge in [-0.3, -0.25) is 14.9 Å². The highest BCUT2D eigenvalue weighted by Crippen LogP contribution is 2.33. The molecule has 0 atom stereocenters. The summed E-state index contributed by atoms with van der Waals surface area (Å²) >= 11 is 1.46. The number of anilines is 1. The van der Waals surface area contributed by atoms with E-state index in [0.29, 0.717) is 0 Å². The van der Waals surface area contributed by atoms with E-state index in [1.54, 1.807) is 12.1 Å². The third-order valence-corrected chi connectivity index (χ3v) is 3.69. The van der Waals surface area contributed by atoms with Crippen LogP contribution in [0, 0.1) is 10.1 Å². The monoisotopic (exact) mass is 318 g/mol. The molecule has 0 unspecified atom stereocenters. The summed E-state index contributed by atoms with van der Waals surface area (Å²) in [6.45, 7) is -0.160. The summed E-state index contributed by atoms with van der Waals surface area (Å²) in [5.41, 5.74) is 0.00912. The zero-order valence-corrected chi connectivity index (χ0v) is 12.6. The second-order valence-electron chi connectivity index (χ2n) is 4.33. The van der Waals surface area contributed by atoms with Crippen LogP contribution in [0.5, 0.6) is 0 Å². The Morgan fingerprint density at radius 3 is 2.59 bits per heavy atom. The first-order chi connectivity index (χ1) is 10.6. The normalized spacial score (nSPS) is 10.2. The van der Waals surface area contributed by atoms with Crippen molar-refractivity contribution in [2.75, 3.05) is 19.0 Å². The van der Waals surface area contributed by atoms with Crippen LogP contribution in [0.3, 0.4) is 0 Å². The van der Waals surface area contributed by atoms with Gasteiger partial charge in [0.1, 0.15) is 12.3 Å². The third kappa shape index (κ3) is 4.31. The summed E-state index contributed by atoms with van der Waals surface area (Å²) in [5, 5.41) is 13.5. The van der Waals surface area contributed by atoms with Gasteiger partial charge in [-0.1, -0.05) is 30.0 Å². The van der Waals surface area contributed by atoms with E-state index in [-0.39, 0.29) is 18.0 Å². The maximum atomic E-state index is 11.6. The molecule has 0 fully saturated rings. The van der Waals surface area contributed by atoms with Crippen LogP contribution in [0.4, 0.5) is 11.4 Å². The molecule has 22 heavy (non-hydrogen) atoms. The summed E-state index contributed by atoms with van der Waals surface area (Å²) in [5.74, 6) is -0.438. The molecule has 0 aliphatic carbocycles. The van der Waals surface area contributed by atoms with Crippen LogP contribution in [0.15, 0.2) is 58.3 Å². The van der Waals surface area contributed by atoms with E-state index >= 15 is 0 Å². The van der Waals surface area contributed by atoms with E-state index in [9.17, 15) is 14.9 Å². The van der Waals surface area contributed by atoms with Crippen molar-refractivity contribution in [3.63, 3.8) is 0 Å². The molecule has 6 nitrogen and oxygen atoms in total. The summed E-state index contributed by atoms with van der Waals surface area (Å²) in [4.78, 5) is 23.9. The molecule has 7 heteroatoms. The van der Waals surface area contributed by atoms with Gasteiger partial charge in [0, 0.05) is 23.0 Å². The van der Waals surface area contributed by atoms with E-state index < -0.39 is 10.8 Å². The van der Waals surface area contributed by atoms with Crippen molar-refractivity contribution in [2.45, 2.75) is 9.79 Å². The molecule has 0 bridgehead atoms. The lowest BCUT2D eigenvalue weighted by Crippen LogP contribution is -2.17. The van der Waals surface area contributed by atoms with Gasteiger partial charge in [-0.05, 0) is 24.3 Å². The van der Waals surface area contributed by atoms with E-state index in [1.165, 1.54) is 24.9 Å². The Bertz CT molecular complexity index is 676. The summed E-state index contributed by atoms with van der Waals surface area (Å²) < 4.78 is 4.71. The minimum absolute atomic E-state index is 0.151. The summed E-state index contributed by atoms with van der Waals surface area (Å²) in [7, 11) is 1.38. The molecule has 1 N–H and O–H groups in total. The van der Waals surface area contributed by atoms with Gasteiger partial charge in [-0.25, -0.2) is 0 Å². The number of hydrogen-bond donors (Lipinski definition) is 1. The van der Waals surface area contributed by atoms with Crippen LogP contribution in [-0.2, 0) is 9.53 Å². The average Bonchev–Trinajstić information content (AvgIpc) is 2.48. The highest BCUT2D eigenvalue weighted by atomic mass is 32.2. The van der Waals surface area contributed by atoms with Crippen molar-refractivity contribution >= 4 is 29.0 Å². The number of ether oxygens (including phenoxy) is 1. The van der Waals surface area contributed by atoms with Crippen molar-refractivity contribution in [2.24, 2.45) is 0 Å². The molecule has 2 aromatic carbocycles. The largest absolute Gasteiger partial charge is 0.375 e. The predicted octanol–water partition coefficient (Wildman–Crippen LogP) is 3.33. The van der Waals surface area contributed by atoms with Crippen molar-refractivity contribution in [1.82, 2.24) is 0 Å². The van der Waals surface area contributed by atoms with Crippen LogP contribution in [-0.4, -0.2) is 24.5 Å². The van der Waals surface area contributed by atoms with Crippen LogP contribution >= 0.6 is 11.8 Å². The lowest BCUT2D eigenvalue weighted by atomic mass is 10.2. The van der Waals surface area contributed by atoms with E-state index in [1.807, 2.05) is 30.3 Å². The summed E-state index contributed by atoms with van der Waals surface area (Å²) in [6, 6.07) is 14.2. The standard InChI is InChI=1S/C15H14N2O4S/c1-21-10-15(18)16-13-9-12(7-8-14(13)17(19)20)22-11-5-3-2-4-6-11/h2-9H,10H2,1H3,(H,16,18). The Morgan fingerprint density at radius 1 is 1.23 bits per heavy atom. The number of amides is 1. The molecule has 0 saturated heterocycles. The number of methoxy groups -OCH3 is 1. The average molecular weight is 318 g/mol. The number of nitro groups is 1. The zero-order valence-electron chi connectivity index (χ0n) is 11.8. The van der Waals surface area contributed by atoms with Crippen LogP contribution < -0.4 is 5.32 Å². The lowest BCUT2D eigenvalue weighted by Gasteiger charge is -2.08. The number of rotatable bonds is 6. The van der Waals surface area contributed by atoms with E-state index in [4.69, 9.17) is 4.74 Å². The molecule has 0 aromatic heterocycles. The van der Waals surface area contributed by atoms with Gasteiger partial charge >= 0.3 is 0 Å². The first kappa shape index (κ1) is 16.0. The van der Waals surface area contributed by atoms with Crippen molar-refractivity contribution in [3.05, 3.63) is 58.6 Å². The molecular formula is C15H14N2O4S. The number of carbonyl (C=O) groups excluding carboxylic acids is 1. The minimum atomic E-state index is -0.528. The number of carbonyl (C=O) groups is 1. The highest BCUT2D eigenvalue weighted by molar-refractivity contribution is 7.99. The fourth-order valence-electron chi connectivity index (χ4n) is 1.78. The lowest BCUT2D eigenvalue weighted by molar-refractivity contribution is -0.384. The molecule has 2 aromatic rings. The number of hydrogen-bond acceptors (Lipinski definition) is 5. The number of nitrogens with zero attached hydrogens (tertiary/aromatic N) is 1. The second-order valence-corrected chi connectivity index (χ2v) is 5.48. The molecule has 0 spiro atoms. The third-order valence-electron chi connectivity index (χ3n) is 2.69. The number of benzene rings is 2. The molecule has 0 aliphatic heterocycles. The maximum absolute atomic E-state index is 11.6. The van der Waals surface area contributed by atoms with Gasteiger partial charge in [0.15, 0.2) is 0 Å². The van der Waals surface area contributed by atoms with Crippen LogP contribution in [0.1, 0.15) is 0 Å². The molecule has 0 radical (unpaired) electrons. The smallest absolute Gasteiger partial charge is 0.292 e. The molecule has 1 amide bonds. The van der Waals surface area contributed by atoms with Gasteiger partial charge in [0.05, 0.1) is 4.92 Å². The van der Waals surface area contributed by atoms with Crippen LogP contribution in [0.2, 0.25) is 0 Å². The minimum Gasteiger partial charge on any atom is -0.375 e. The fraction of sp³-hybridized carbons (Fsp3) is 0.133. The molecule has 0 saturated carbocycles. The van der Waals surface area contributed by atoms with Gasteiger partial charge in [-0.2, -0.15) is 0 Å². The summed E-state index contributed by atoms with van der Waals surface area (Å²) in [6.07, 6.45) is 0. The topological polar surface area (TPSA) is 81.5 Å². The Kier molecular flexibility index (Phi) is 5.51. The molecular weight excluding hydrogens is 304 g/mol. The van der Waals surface area contributed by atoms with Gasteiger partial charge in [0.2, 0.25) is 0 Å². The number of nitrogens with one attached hydrogen (secondary N) is 1. The first-order valence-electron chi connectivity index (χ1n) is 6.40. The maximum Gasteiger partial charge on any atom is 0.292 e.